The first-order valence-corrected chi connectivity index (χ1v) is 10.7. The van der Waals surface area contributed by atoms with E-state index < -0.39 is 0 Å². The molecule has 3 rings (SSSR count). The molecule has 156 valence electrons. The van der Waals surface area contributed by atoms with E-state index in [0.29, 0.717) is 5.76 Å². The maximum atomic E-state index is 13.2. The predicted molar refractivity (Wildman–Crippen MR) is 109 cm³/mol. The van der Waals surface area contributed by atoms with Crippen LogP contribution in [0.5, 0.6) is 0 Å². The smallest absolute Gasteiger partial charge is 0.290 e. The third-order valence-corrected chi connectivity index (χ3v) is 5.56. The van der Waals surface area contributed by atoms with Gasteiger partial charge in [0.25, 0.3) is 5.91 Å². The molecule has 0 atom stereocenters. The van der Waals surface area contributed by atoms with Crippen LogP contribution in [-0.2, 0) is 11.3 Å². The highest BCUT2D eigenvalue weighted by molar-refractivity contribution is 5.94. The fraction of sp³-hybridized carbons (Fsp3) is 0.727. The van der Waals surface area contributed by atoms with Crippen LogP contribution in [0.3, 0.4) is 0 Å². The minimum absolute atomic E-state index is 0.0862. The first-order chi connectivity index (χ1) is 13.3. The molecule has 1 aliphatic heterocycles. The Morgan fingerprint density at radius 2 is 1.79 bits per heavy atom. The molecule has 1 saturated heterocycles. The molecule has 28 heavy (non-hydrogen) atoms. The Morgan fingerprint density at radius 3 is 2.43 bits per heavy atom. The highest BCUT2D eigenvalue weighted by Crippen LogP contribution is 2.26. The first kappa shape index (κ1) is 20.9. The van der Waals surface area contributed by atoms with Crippen molar-refractivity contribution in [1.82, 2.24) is 15.1 Å². The number of piperidine rings is 1. The molecule has 1 aliphatic carbocycles. The van der Waals surface area contributed by atoms with Gasteiger partial charge >= 0.3 is 0 Å². The van der Waals surface area contributed by atoms with Crippen molar-refractivity contribution in [3.05, 3.63) is 23.7 Å². The van der Waals surface area contributed by atoms with Gasteiger partial charge in [0.15, 0.2) is 5.76 Å². The third-order valence-electron chi connectivity index (χ3n) is 5.56. The molecular formula is C22H35N3O3. The summed E-state index contributed by atoms with van der Waals surface area (Å²) in [4.78, 5) is 29.8. The molecule has 2 amide bonds. The van der Waals surface area contributed by atoms with E-state index in [-0.39, 0.29) is 29.9 Å². The zero-order valence-corrected chi connectivity index (χ0v) is 17.6. The van der Waals surface area contributed by atoms with Crippen molar-refractivity contribution < 1.29 is 14.0 Å². The van der Waals surface area contributed by atoms with Gasteiger partial charge in [-0.15, -0.1) is 0 Å². The van der Waals surface area contributed by atoms with Crippen LogP contribution in [0.2, 0.25) is 0 Å². The second-order valence-electron chi connectivity index (χ2n) is 9.27. The van der Waals surface area contributed by atoms with E-state index in [1.165, 1.54) is 19.3 Å². The van der Waals surface area contributed by atoms with Crippen LogP contribution in [0.25, 0.3) is 0 Å². The summed E-state index contributed by atoms with van der Waals surface area (Å²) in [5.41, 5.74) is -0.312. The Bertz CT molecular complexity index is 665. The minimum atomic E-state index is -0.312. The van der Waals surface area contributed by atoms with Crippen LogP contribution in [-0.4, -0.2) is 52.8 Å². The molecule has 2 aliphatic rings. The van der Waals surface area contributed by atoms with E-state index in [4.69, 9.17) is 4.42 Å². The summed E-state index contributed by atoms with van der Waals surface area (Å²) in [7, 11) is 0. The van der Waals surface area contributed by atoms with Gasteiger partial charge in [-0.2, -0.15) is 0 Å². The van der Waals surface area contributed by atoms with Crippen LogP contribution in [0.1, 0.15) is 82.0 Å². The SMILES string of the molecule is CC(C)(C)NC(=O)CN(C(=O)c1ccc(CN2CCCCC2)o1)C1CCCC1. The molecule has 0 aromatic carbocycles. The minimum Gasteiger partial charge on any atom is -0.455 e. The number of amides is 2. The van der Waals surface area contributed by atoms with Crippen molar-refractivity contribution in [2.45, 2.75) is 83.8 Å². The van der Waals surface area contributed by atoms with Crippen LogP contribution in [0, 0.1) is 0 Å². The second-order valence-corrected chi connectivity index (χ2v) is 9.27. The van der Waals surface area contributed by atoms with Crippen molar-refractivity contribution in [2.24, 2.45) is 0 Å². The summed E-state index contributed by atoms with van der Waals surface area (Å²) in [6, 6.07) is 3.80. The molecule has 2 heterocycles. The molecule has 0 spiro atoms. The van der Waals surface area contributed by atoms with Gasteiger partial charge in [0.2, 0.25) is 5.91 Å². The number of carbonyl (C=O) groups excluding carboxylic acids is 2. The molecule has 6 heteroatoms. The lowest BCUT2D eigenvalue weighted by Crippen LogP contribution is -2.49. The van der Waals surface area contributed by atoms with Crippen molar-refractivity contribution in [2.75, 3.05) is 19.6 Å². The highest BCUT2D eigenvalue weighted by atomic mass is 16.4. The molecule has 1 aromatic heterocycles. The van der Waals surface area contributed by atoms with Crippen LogP contribution in [0.4, 0.5) is 0 Å². The number of furan rings is 1. The molecular weight excluding hydrogens is 354 g/mol. The molecule has 1 N–H and O–H groups in total. The number of nitrogens with one attached hydrogen (secondary N) is 1. The summed E-state index contributed by atoms with van der Waals surface area (Å²) in [6.07, 6.45) is 7.87. The molecule has 0 unspecified atom stereocenters. The Balaban J connectivity index is 1.67. The fourth-order valence-electron chi connectivity index (χ4n) is 4.25. The Hall–Kier alpha value is -1.82. The Labute approximate surface area is 168 Å². The van der Waals surface area contributed by atoms with Gasteiger partial charge in [-0.3, -0.25) is 14.5 Å². The van der Waals surface area contributed by atoms with E-state index >= 15 is 0 Å². The van der Waals surface area contributed by atoms with E-state index in [2.05, 4.69) is 10.2 Å². The molecule has 1 aromatic rings. The van der Waals surface area contributed by atoms with Gasteiger partial charge in [-0.05, 0) is 71.7 Å². The van der Waals surface area contributed by atoms with Gasteiger partial charge in [-0.1, -0.05) is 19.3 Å². The normalized spacial score (nSPS) is 19.0. The molecule has 1 saturated carbocycles. The first-order valence-electron chi connectivity index (χ1n) is 10.7. The monoisotopic (exact) mass is 389 g/mol. The van der Waals surface area contributed by atoms with Gasteiger partial charge in [-0.25, -0.2) is 0 Å². The number of rotatable bonds is 6. The van der Waals surface area contributed by atoms with Gasteiger partial charge in [0, 0.05) is 11.6 Å². The lowest BCUT2D eigenvalue weighted by atomic mass is 10.1. The van der Waals surface area contributed by atoms with Crippen LogP contribution < -0.4 is 5.32 Å². The van der Waals surface area contributed by atoms with Crippen molar-refractivity contribution in [1.29, 1.82) is 0 Å². The maximum absolute atomic E-state index is 13.2. The van der Waals surface area contributed by atoms with Gasteiger partial charge < -0.3 is 14.6 Å². The summed E-state index contributed by atoms with van der Waals surface area (Å²) in [6.45, 7) is 8.87. The van der Waals surface area contributed by atoms with Gasteiger partial charge in [0.1, 0.15) is 12.3 Å². The maximum Gasteiger partial charge on any atom is 0.290 e. The van der Waals surface area contributed by atoms with Crippen LogP contribution >= 0.6 is 0 Å². The summed E-state index contributed by atoms with van der Waals surface area (Å²) >= 11 is 0. The zero-order chi connectivity index (χ0) is 20.1. The lowest BCUT2D eigenvalue weighted by molar-refractivity contribution is -0.123. The van der Waals surface area contributed by atoms with Crippen LogP contribution in [0.15, 0.2) is 16.5 Å². The number of likely N-dealkylation sites (tertiary alicyclic amines) is 1. The number of hydrogen-bond acceptors (Lipinski definition) is 4. The summed E-state index contributed by atoms with van der Waals surface area (Å²) in [5.74, 6) is 0.895. The largest absolute Gasteiger partial charge is 0.455 e. The standard InChI is InChI=1S/C22H35N3O3/c1-22(2,3)23-20(26)16-25(17-9-5-6-10-17)21(27)19-12-11-18(28-19)15-24-13-7-4-8-14-24/h11-12,17H,4-10,13-16H2,1-3H3,(H,23,26). The lowest BCUT2D eigenvalue weighted by Gasteiger charge is -2.29. The Kier molecular flexibility index (Phi) is 6.81. The average molecular weight is 390 g/mol. The number of hydrogen-bond donors (Lipinski definition) is 1. The molecule has 0 radical (unpaired) electrons. The van der Waals surface area contributed by atoms with Crippen molar-refractivity contribution >= 4 is 11.8 Å². The predicted octanol–water partition coefficient (Wildman–Crippen LogP) is 3.57. The summed E-state index contributed by atoms with van der Waals surface area (Å²) < 4.78 is 5.91. The topological polar surface area (TPSA) is 65.8 Å². The fourth-order valence-corrected chi connectivity index (χ4v) is 4.25. The number of carbonyl (C=O) groups is 2. The van der Waals surface area contributed by atoms with Gasteiger partial charge in [0.05, 0.1) is 6.54 Å². The van der Waals surface area contributed by atoms with E-state index in [0.717, 1.165) is 51.1 Å². The Morgan fingerprint density at radius 1 is 1.11 bits per heavy atom. The zero-order valence-electron chi connectivity index (χ0n) is 17.6. The average Bonchev–Trinajstić information content (AvgIpc) is 3.30. The summed E-state index contributed by atoms with van der Waals surface area (Å²) in [5, 5.41) is 2.97. The number of nitrogens with zero attached hydrogens (tertiary/aromatic N) is 2. The molecule has 2 fully saturated rings. The highest BCUT2D eigenvalue weighted by Gasteiger charge is 2.31. The third kappa shape index (κ3) is 5.84. The molecule has 0 bridgehead atoms. The molecule has 6 nitrogen and oxygen atoms in total. The van der Waals surface area contributed by atoms with E-state index in [1.807, 2.05) is 26.8 Å². The van der Waals surface area contributed by atoms with Crippen molar-refractivity contribution in [3.8, 4) is 0 Å². The van der Waals surface area contributed by atoms with E-state index in [1.54, 1.807) is 11.0 Å². The van der Waals surface area contributed by atoms with Crippen molar-refractivity contribution in [3.63, 3.8) is 0 Å². The quantitative estimate of drug-likeness (QED) is 0.808. The second kappa shape index (κ2) is 9.12. The van der Waals surface area contributed by atoms with E-state index in [9.17, 15) is 9.59 Å².